The average molecular weight is 367 g/mol. The topological polar surface area (TPSA) is 7.76 Å². The van der Waals surface area contributed by atoms with Crippen molar-refractivity contribution in [2.75, 3.05) is 0 Å². The molecule has 0 saturated heterocycles. The van der Waals surface area contributed by atoms with Gasteiger partial charge in [0.15, 0.2) is 37.9 Å². The molecule has 0 aliphatic carbocycles. The van der Waals surface area contributed by atoms with E-state index in [1.165, 1.54) is 33.4 Å². The summed E-state index contributed by atoms with van der Waals surface area (Å²) in [5, 5.41) is 0. The number of benzene rings is 2. The van der Waals surface area contributed by atoms with Gasteiger partial charge in [0, 0.05) is 35.4 Å². The third kappa shape index (κ3) is 4.52. The molecule has 2 heteroatoms. The van der Waals surface area contributed by atoms with E-state index >= 15 is 0 Å². The Labute approximate surface area is 167 Å². The van der Waals surface area contributed by atoms with Crippen LogP contribution in [0.4, 0.5) is 0 Å². The van der Waals surface area contributed by atoms with E-state index in [2.05, 4.69) is 121 Å². The average Bonchev–Trinajstić information content (AvgIpc) is 2.73. The Kier molecular flexibility index (Phi) is 5.29. The van der Waals surface area contributed by atoms with Gasteiger partial charge in [0.25, 0.3) is 0 Å². The van der Waals surface area contributed by atoms with E-state index in [4.69, 9.17) is 0 Å². The van der Waals surface area contributed by atoms with Crippen molar-refractivity contribution >= 4 is 0 Å². The molecular formula is C26H26N2+2. The Morgan fingerprint density at radius 1 is 0.464 bits per heavy atom. The highest BCUT2D eigenvalue weighted by Gasteiger charge is 2.05. The van der Waals surface area contributed by atoms with Gasteiger partial charge < -0.3 is 0 Å². The predicted molar refractivity (Wildman–Crippen MR) is 113 cm³/mol. The van der Waals surface area contributed by atoms with Crippen molar-refractivity contribution in [1.29, 1.82) is 0 Å². The largest absolute Gasteiger partial charge is 0.201 e. The predicted octanol–water partition coefficient (Wildman–Crippen LogP) is 4.64. The maximum atomic E-state index is 2.22. The van der Waals surface area contributed by atoms with Crippen molar-refractivity contribution in [2.45, 2.75) is 26.9 Å². The summed E-state index contributed by atoms with van der Waals surface area (Å²) in [6, 6.07) is 26.3. The SMILES string of the molecule is Cc1cc[n+](Cc2ccc(-c3ccc(C[n+]4ccc(C)cc4)cc3)cc2)cc1. The quantitative estimate of drug-likeness (QED) is 0.455. The summed E-state index contributed by atoms with van der Waals surface area (Å²) in [6.45, 7) is 6.02. The first-order valence-electron chi connectivity index (χ1n) is 9.75. The van der Waals surface area contributed by atoms with Crippen LogP contribution < -0.4 is 9.13 Å². The minimum atomic E-state index is 0.896. The van der Waals surface area contributed by atoms with E-state index < -0.39 is 0 Å². The van der Waals surface area contributed by atoms with Crippen LogP contribution in [0.3, 0.4) is 0 Å². The number of hydrogen-bond donors (Lipinski definition) is 0. The summed E-state index contributed by atoms with van der Waals surface area (Å²) in [7, 11) is 0. The number of hydrogen-bond acceptors (Lipinski definition) is 0. The summed E-state index contributed by atoms with van der Waals surface area (Å²) in [6.07, 6.45) is 8.53. The van der Waals surface area contributed by atoms with Crippen molar-refractivity contribution < 1.29 is 9.13 Å². The molecule has 2 aromatic heterocycles. The monoisotopic (exact) mass is 366 g/mol. The van der Waals surface area contributed by atoms with Crippen LogP contribution in [0.2, 0.25) is 0 Å². The van der Waals surface area contributed by atoms with Gasteiger partial charge in [-0.05, 0) is 36.1 Å². The molecule has 4 aromatic rings. The van der Waals surface area contributed by atoms with Gasteiger partial charge in [0.05, 0.1) is 0 Å². The number of aromatic nitrogens is 2. The van der Waals surface area contributed by atoms with E-state index in [0.29, 0.717) is 0 Å². The molecule has 0 aliphatic heterocycles. The minimum Gasteiger partial charge on any atom is -0.201 e. The highest BCUT2D eigenvalue weighted by atomic mass is 14.9. The number of rotatable bonds is 5. The maximum Gasteiger partial charge on any atom is 0.173 e. The molecule has 138 valence electrons. The number of aryl methyl sites for hydroxylation is 2. The zero-order valence-corrected chi connectivity index (χ0v) is 16.5. The Hall–Kier alpha value is -3.26. The third-order valence-corrected chi connectivity index (χ3v) is 5.09. The molecule has 0 saturated carbocycles. The van der Waals surface area contributed by atoms with E-state index in [9.17, 15) is 0 Å². The first-order chi connectivity index (χ1) is 13.7. The number of nitrogens with zero attached hydrogens (tertiary/aromatic N) is 2. The fraction of sp³-hybridized carbons (Fsp3) is 0.154. The minimum absolute atomic E-state index is 0.896. The van der Waals surface area contributed by atoms with Gasteiger partial charge in [-0.25, -0.2) is 9.13 Å². The molecule has 0 fully saturated rings. The maximum absolute atomic E-state index is 2.22. The van der Waals surface area contributed by atoms with Crippen molar-refractivity contribution in [2.24, 2.45) is 0 Å². The van der Waals surface area contributed by atoms with Gasteiger partial charge in [-0.1, -0.05) is 48.5 Å². The van der Waals surface area contributed by atoms with E-state index in [-0.39, 0.29) is 0 Å². The number of pyridine rings is 2. The van der Waals surface area contributed by atoms with Gasteiger partial charge in [0.2, 0.25) is 0 Å². The van der Waals surface area contributed by atoms with Crippen molar-refractivity contribution in [1.82, 2.24) is 0 Å². The zero-order chi connectivity index (χ0) is 19.3. The Balaban J connectivity index is 1.43. The second-order valence-electron chi connectivity index (χ2n) is 7.49. The fourth-order valence-corrected chi connectivity index (χ4v) is 3.30. The van der Waals surface area contributed by atoms with Crippen molar-refractivity contribution in [3.8, 4) is 11.1 Å². The van der Waals surface area contributed by atoms with Crippen LogP contribution in [0.15, 0.2) is 97.6 Å². The van der Waals surface area contributed by atoms with Crippen LogP contribution in [-0.2, 0) is 13.1 Å². The van der Waals surface area contributed by atoms with Gasteiger partial charge in [-0.3, -0.25) is 0 Å². The molecule has 0 spiro atoms. The van der Waals surface area contributed by atoms with Crippen LogP contribution in [-0.4, -0.2) is 0 Å². The van der Waals surface area contributed by atoms with E-state index in [0.717, 1.165) is 13.1 Å². The molecule has 2 nitrogen and oxygen atoms in total. The molecule has 28 heavy (non-hydrogen) atoms. The van der Waals surface area contributed by atoms with Crippen LogP contribution >= 0.6 is 0 Å². The zero-order valence-electron chi connectivity index (χ0n) is 16.5. The Morgan fingerprint density at radius 3 is 1.11 bits per heavy atom. The highest BCUT2D eigenvalue weighted by molar-refractivity contribution is 5.63. The highest BCUT2D eigenvalue weighted by Crippen LogP contribution is 2.20. The summed E-state index contributed by atoms with van der Waals surface area (Å²) < 4.78 is 4.42. The van der Waals surface area contributed by atoms with Crippen molar-refractivity contribution in [3.63, 3.8) is 0 Å². The standard InChI is InChI=1S/C26H26N2/c1-21-11-15-27(16-12-21)19-23-3-7-25(8-4-23)26-9-5-24(6-10-26)20-28-17-13-22(2)14-18-28/h3-18H,19-20H2,1-2H3/q+2. The second kappa shape index (κ2) is 8.18. The summed E-state index contributed by atoms with van der Waals surface area (Å²) in [5.41, 5.74) is 7.71. The Bertz CT molecular complexity index is 941. The molecule has 0 bridgehead atoms. The molecule has 0 unspecified atom stereocenters. The first-order valence-corrected chi connectivity index (χ1v) is 9.75. The molecule has 0 radical (unpaired) electrons. The summed E-state index contributed by atoms with van der Waals surface area (Å²) in [4.78, 5) is 0. The lowest BCUT2D eigenvalue weighted by molar-refractivity contribution is -0.688. The lowest BCUT2D eigenvalue weighted by Gasteiger charge is -2.05. The first kappa shape index (κ1) is 18.1. The summed E-state index contributed by atoms with van der Waals surface area (Å²) in [5.74, 6) is 0. The lowest BCUT2D eigenvalue weighted by Crippen LogP contribution is -2.33. The van der Waals surface area contributed by atoms with Gasteiger partial charge in [0.1, 0.15) is 0 Å². The Morgan fingerprint density at radius 2 is 0.786 bits per heavy atom. The van der Waals surface area contributed by atoms with Gasteiger partial charge in [-0.15, -0.1) is 0 Å². The second-order valence-corrected chi connectivity index (χ2v) is 7.49. The summed E-state index contributed by atoms with van der Waals surface area (Å²) >= 11 is 0. The van der Waals surface area contributed by atoms with Crippen LogP contribution in [0.25, 0.3) is 11.1 Å². The molecule has 0 aliphatic rings. The van der Waals surface area contributed by atoms with E-state index in [1.807, 2.05) is 0 Å². The smallest absolute Gasteiger partial charge is 0.173 e. The van der Waals surface area contributed by atoms with E-state index in [1.54, 1.807) is 0 Å². The molecule has 2 aromatic carbocycles. The van der Waals surface area contributed by atoms with Crippen LogP contribution in [0, 0.1) is 13.8 Å². The molecule has 0 amide bonds. The molecule has 2 heterocycles. The normalized spacial score (nSPS) is 10.8. The van der Waals surface area contributed by atoms with Crippen LogP contribution in [0.1, 0.15) is 22.3 Å². The van der Waals surface area contributed by atoms with Crippen LogP contribution in [0.5, 0.6) is 0 Å². The van der Waals surface area contributed by atoms with Crippen molar-refractivity contribution in [3.05, 3.63) is 120 Å². The molecule has 4 rings (SSSR count). The lowest BCUT2D eigenvalue weighted by atomic mass is 10.0. The van der Waals surface area contributed by atoms with Gasteiger partial charge >= 0.3 is 0 Å². The fourth-order valence-electron chi connectivity index (χ4n) is 3.30. The molecule has 0 N–H and O–H groups in total. The molecular weight excluding hydrogens is 340 g/mol. The van der Waals surface area contributed by atoms with Gasteiger partial charge in [-0.2, -0.15) is 0 Å². The third-order valence-electron chi connectivity index (χ3n) is 5.09. The molecule has 0 atom stereocenters.